The fraction of sp³-hybridized carbons (Fsp3) is 0.769. The van der Waals surface area contributed by atoms with Crippen LogP contribution in [-0.2, 0) is 11.3 Å². The topological polar surface area (TPSA) is 39.1 Å². The monoisotopic (exact) mass is 293 g/mol. The van der Waals surface area contributed by atoms with Gasteiger partial charge in [-0.1, -0.05) is 13.8 Å². The summed E-state index contributed by atoms with van der Waals surface area (Å²) >= 11 is 0. The Morgan fingerprint density at radius 2 is 2.10 bits per heavy atom. The second kappa shape index (κ2) is 8.26. The highest BCUT2D eigenvalue weighted by Gasteiger charge is 2.28. The average molecular weight is 293 g/mol. The Labute approximate surface area is 117 Å². The highest BCUT2D eigenvalue weighted by Crippen LogP contribution is 2.17. The minimum Gasteiger partial charge on any atom is -0.370 e. The smallest absolute Gasteiger partial charge is 0.370 e. The first-order valence-electron chi connectivity index (χ1n) is 6.86. The molecule has 0 saturated carbocycles. The molecule has 0 aromatic carbocycles. The zero-order chi connectivity index (χ0) is 15.0. The third-order valence-corrected chi connectivity index (χ3v) is 2.70. The molecule has 1 rings (SSSR count). The Bertz CT molecular complexity index is 379. The van der Waals surface area contributed by atoms with Gasteiger partial charge in [-0.25, -0.2) is 0 Å². The van der Waals surface area contributed by atoms with Crippen LogP contribution in [0.25, 0.3) is 0 Å². The van der Waals surface area contributed by atoms with E-state index in [1.807, 2.05) is 20.0 Å². The van der Waals surface area contributed by atoms with Crippen LogP contribution in [0.3, 0.4) is 0 Å². The Morgan fingerprint density at radius 1 is 1.35 bits per heavy atom. The lowest BCUT2D eigenvalue weighted by atomic mass is 10.1. The molecule has 0 fully saturated rings. The van der Waals surface area contributed by atoms with E-state index in [1.54, 1.807) is 10.9 Å². The van der Waals surface area contributed by atoms with Crippen LogP contribution in [0, 0.1) is 0 Å². The van der Waals surface area contributed by atoms with Crippen molar-refractivity contribution in [1.82, 2.24) is 15.1 Å². The summed E-state index contributed by atoms with van der Waals surface area (Å²) in [7, 11) is 0. The van der Waals surface area contributed by atoms with Crippen molar-refractivity contribution in [2.75, 3.05) is 19.8 Å². The van der Waals surface area contributed by atoms with Crippen LogP contribution in [-0.4, -0.2) is 35.7 Å². The summed E-state index contributed by atoms with van der Waals surface area (Å²) in [6.07, 6.45) is 1.10. The number of aryl methyl sites for hydroxylation is 1. The molecule has 7 heteroatoms. The lowest BCUT2D eigenvalue weighted by molar-refractivity contribution is -0.175. The minimum absolute atomic E-state index is 0.0165. The SMILES string of the molecule is CCCNC(COCC(F)(F)F)c1cnn(CCC)c1. The van der Waals surface area contributed by atoms with Crippen molar-refractivity contribution in [1.29, 1.82) is 0 Å². The number of aromatic nitrogens is 2. The number of hydrogen-bond acceptors (Lipinski definition) is 3. The summed E-state index contributed by atoms with van der Waals surface area (Å²) in [5.41, 5.74) is 0.856. The number of ether oxygens (including phenoxy) is 1. The van der Waals surface area contributed by atoms with Crippen LogP contribution in [0.2, 0.25) is 0 Å². The summed E-state index contributed by atoms with van der Waals surface area (Å²) in [5, 5.41) is 7.37. The summed E-state index contributed by atoms with van der Waals surface area (Å²) in [6, 6.07) is -0.261. The van der Waals surface area contributed by atoms with Gasteiger partial charge in [0.05, 0.1) is 18.8 Å². The number of nitrogens with one attached hydrogen (secondary N) is 1. The lowest BCUT2D eigenvalue weighted by Gasteiger charge is -2.18. The maximum atomic E-state index is 12.1. The van der Waals surface area contributed by atoms with E-state index in [0.29, 0.717) is 0 Å². The molecule has 1 heterocycles. The first-order chi connectivity index (χ1) is 9.46. The molecule has 20 heavy (non-hydrogen) atoms. The molecule has 4 nitrogen and oxygen atoms in total. The Hall–Kier alpha value is -1.08. The van der Waals surface area contributed by atoms with Gasteiger partial charge in [0, 0.05) is 18.3 Å². The number of nitrogens with zero attached hydrogens (tertiary/aromatic N) is 2. The number of alkyl halides is 3. The molecule has 0 radical (unpaired) electrons. The highest BCUT2D eigenvalue weighted by molar-refractivity contribution is 5.10. The van der Waals surface area contributed by atoms with Crippen LogP contribution < -0.4 is 5.32 Å². The normalized spacial score (nSPS) is 13.7. The fourth-order valence-electron chi connectivity index (χ4n) is 1.79. The van der Waals surface area contributed by atoms with E-state index in [9.17, 15) is 13.2 Å². The number of halogens is 3. The van der Waals surface area contributed by atoms with Gasteiger partial charge in [-0.15, -0.1) is 0 Å². The summed E-state index contributed by atoms with van der Waals surface area (Å²) < 4.78 is 42.9. The molecule has 0 aliphatic rings. The maximum absolute atomic E-state index is 12.1. The van der Waals surface area contributed by atoms with Gasteiger partial charge in [0.25, 0.3) is 0 Å². The van der Waals surface area contributed by atoms with Gasteiger partial charge in [-0.2, -0.15) is 18.3 Å². The van der Waals surface area contributed by atoms with Crippen LogP contribution in [0.15, 0.2) is 12.4 Å². The van der Waals surface area contributed by atoms with Crippen molar-refractivity contribution in [3.05, 3.63) is 18.0 Å². The van der Waals surface area contributed by atoms with E-state index in [1.165, 1.54) is 0 Å². The predicted molar refractivity (Wildman–Crippen MR) is 70.4 cm³/mol. The van der Waals surface area contributed by atoms with Crippen molar-refractivity contribution in [2.24, 2.45) is 0 Å². The molecular weight excluding hydrogens is 271 g/mol. The molecule has 0 bridgehead atoms. The predicted octanol–water partition coefficient (Wildman–Crippen LogP) is 2.91. The summed E-state index contributed by atoms with van der Waals surface area (Å²) in [6.45, 7) is 4.32. The van der Waals surface area contributed by atoms with Gasteiger partial charge in [0.1, 0.15) is 6.61 Å². The quantitative estimate of drug-likeness (QED) is 0.761. The average Bonchev–Trinajstić information content (AvgIpc) is 2.81. The second-order valence-corrected chi connectivity index (χ2v) is 4.67. The van der Waals surface area contributed by atoms with E-state index in [2.05, 4.69) is 10.4 Å². The zero-order valence-electron chi connectivity index (χ0n) is 11.9. The molecule has 116 valence electrons. The number of hydrogen-bond donors (Lipinski definition) is 1. The first-order valence-corrected chi connectivity index (χ1v) is 6.86. The molecule has 0 aliphatic heterocycles. The van der Waals surface area contributed by atoms with Gasteiger partial charge >= 0.3 is 6.18 Å². The second-order valence-electron chi connectivity index (χ2n) is 4.67. The summed E-state index contributed by atoms with van der Waals surface area (Å²) in [4.78, 5) is 0. The van der Waals surface area contributed by atoms with E-state index >= 15 is 0 Å². The largest absolute Gasteiger partial charge is 0.411 e. The van der Waals surface area contributed by atoms with E-state index < -0.39 is 12.8 Å². The van der Waals surface area contributed by atoms with Crippen molar-refractivity contribution in [3.63, 3.8) is 0 Å². The van der Waals surface area contributed by atoms with Crippen molar-refractivity contribution in [3.8, 4) is 0 Å². The molecule has 1 N–H and O–H groups in total. The third-order valence-electron chi connectivity index (χ3n) is 2.70. The zero-order valence-corrected chi connectivity index (χ0v) is 11.9. The van der Waals surface area contributed by atoms with Crippen molar-refractivity contribution < 1.29 is 17.9 Å². The molecule has 0 aliphatic carbocycles. The Balaban J connectivity index is 2.57. The van der Waals surface area contributed by atoms with Gasteiger partial charge in [0.2, 0.25) is 0 Å². The van der Waals surface area contributed by atoms with Gasteiger partial charge in [0.15, 0.2) is 0 Å². The number of rotatable bonds is 9. The third kappa shape index (κ3) is 6.38. The van der Waals surface area contributed by atoms with Crippen LogP contribution in [0.5, 0.6) is 0 Å². The molecule has 0 spiro atoms. The molecule has 1 aromatic rings. The Kier molecular flexibility index (Phi) is 7.01. The van der Waals surface area contributed by atoms with Gasteiger partial charge < -0.3 is 10.1 Å². The molecule has 0 amide bonds. The fourth-order valence-corrected chi connectivity index (χ4v) is 1.79. The van der Waals surface area contributed by atoms with Crippen LogP contribution in [0.1, 0.15) is 38.3 Å². The van der Waals surface area contributed by atoms with Crippen molar-refractivity contribution >= 4 is 0 Å². The maximum Gasteiger partial charge on any atom is 0.411 e. The van der Waals surface area contributed by atoms with E-state index in [0.717, 1.165) is 31.5 Å². The first kappa shape index (κ1) is 17.0. The molecule has 1 atom stereocenters. The van der Waals surface area contributed by atoms with Crippen molar-refractivity contribution in [2.45, 2.75) is 45.5 Å². The molecule has 0 saturated heterocycles. The standard InChI is InChI=1S/C13H22F3N3O/c1-3-5-17-12(9-20-10-13(14,15)16)11-7-18-19(8-11)6-4-2/h7-8,12,17H,3-6,9-10H2,1-2H3. The highest BCUT2D eigenvalue weighted by atomic mass is 19.4. The molecular formula is C13H22F3N3O. The van der Waals surface area contributed by atoms with Crippen LogP contribution >= 0.6 is 0 Å². The minimum atomic E-state index is -4.29. The van der Waals surface area contributed by atoms with E-state index in [4.69, 9.17) is 4.74 Å². The van der Waals surface area contributed by atoms with E-state index in [-0.39, 0.29) is 12.6 Å². The molecule has 1 aromatic heterocycles. The van der Waals surface area contributed by atoms with Gasteiger partial charge in [-0.3, -0.25) is 4.68 Å². The van der Waals surface area contributed by atoms with Crippen LogP contribution in [0.4, 0.5) is 13.2 Å². The van der Waals surface area contributed by atoms with Gasteiger partial charge in [-0.05, 0) is 19.4 Å². The summed E-state index contributed by atoms with van der Waals surface area (Å²) in [5.74, 6) is 0. The lowest BCUT2D eigenvalue weighted by Crippen LogP contribution is -2.28. The Morgan fingerprint density at radius 3 is 2.70 bits per heavy atom. The molecule has 1 unspecified atom stereocenters.